The van der Waals surface area contributed by atoms with Gasteiger partial charge >= 0.3 is 0 Å². The van der Waals surface area contributed by atoms with Crippen molar-refractivity contribution in [3.05, 3.63) is 40.1 Å². The molecule has 4 nitrogen and oxygen atoms in total. The van der Waals surface area contributed by atoms with Crippen molar-refractivity contribution in [2.45, 2.75) is 6.10 Å². The zero-order valence-electron chi connectivity index (χ0n) is 11.0. The summed E-state index contributed by atoms with van der Waals surface area (Å²) in [7, 11) is 4.77. The summed E-state index contributed by atoms with van der Waals surface area (Å²) >= 11 is 1.44. The average molecular weight is 280 g/mol. The van der Waals surface area contributed by atoms with Crippen LogP contribution in [0.5, 0.6) is 17.2 Å². The molecule has 102 valence electrons. The minimum Gasteiger partial charge on any atom is -0.497 e. The normalized spacial score (nSPS) is 12.0. The highest BCUT2D eigenvalue weighted by atomic mass is 32.1. The molecule has 0 bridgehead atoms. The maximum atomic E-state index is 10.4. The van der Waals surface area contributed by atoms with E-state index >= 15 is 0 Å². The summed E-state index contributed by atoms with van der Waals surface area (Å²) in [5.74, 6) is 2.03. The number of ether oxygens (including phenoxy) is 3. The molecule has 0 amide bonds. The van der Waals surface area contributed by atoms with Gasteiger partial charge in [0.1, 0.15) is 23.4 Å². The number of thiophene rings is 1. The zero-order chi connectivity index (χ0) is 13.8. The van der Waals surface area contributed by atoms with Crippen LogP contribution in [0.15, 0.2) is 29.6 Å². The molecule has 2 aromatic rings. The first-order valence-corrected chi connectivity index (χ1v) is 6.60. The van der Waals surface area contributed by atoms with Crippen LogP contribution in [0.4, 0.5) is 0 Å². The van der Waals surface area contributed by atoms with E-state index in [1.165, 1.54) is 11.3 Å². The minimum atomic E-state index is -0.741. The lowest BCUT2D eigenvalue weighted by Crippen LogP contribution is -2.01. The van der Waals surface area contributed by atoms with E-state index in [9.17, 15) is 5.11 Å². The van der Waals surface area contributed by atoms with Gasteiger partial charge in [-0.25, -0.2) is 0 Å². The van der Waals surface area contributed by atoms with Gasteiger partial charge in [0.15, 0.2) is 0 Å². The van der Waals surface area contributed by atoms with Crippen molar-refractivity contribution in [1.29, 1.82) is 0 Å². The van der Waals surface area contributed by atoms with Crippen LogP contribution in [0.2, 0.25) is 0 Å². The second-order valence-electron chi connectivity index (χ2n) is 3.90. The topological polar surface area (TPSA) is 47.9 Å². The van der Waals surface area contributed by atoms with E-state index in [-0.39, 0.29) is 0 Å². The van der Waals surface area contributed by atoms with Crippen LogP contribution in [-0.2, 0) is 0 Å². The Kier molecular flexibility index (Phi) is 4.29. The van der Waals surface area contributed by atoms with Crippen molar-refractivity contribution < 1.29 is 19.3 Å². The molecular formula is C14H16O4S. The second-order valence-corrected chi connectivity index (χ2v) is 4.84. The molecule has 0 aliphatic heterocycles. The molecule has 0 aliphatic carbocycles. The molecule has 5 heteroatoms. The number of hydrogen-bond donors (Lipinski definition) is 1. The Labute approximate surface area is 116 Å². The number of benzene rings is 1. The van der Waals surface area contributed by atoms with E-state index in [1.54, 1.807) is 39.5 Å². The van der Waals surface area contributed by atoms with E-state index in [0.717, 1.165) is 10.6 Å². The van der Waals surface area contributed by atoms with Crippen molar-refractivity contribution in [2.24, 2.45) is 0 Å². The number of methoxy groups -OCH3 is 3. The molecule has 2 rings (SSSR count). The molecule has 0 aliphatic rings. The van der Waals surface area contributed by atoms with Crippen LogP contribution in [0, 0.1) is 0 Å². The third-order valence-corrected chi connectivity index (χ3v) is 3.80. The van der Waals surface area contributed by atoms with Gasteiger partial charge in [-0.2, -0.15) is 0 Å². The highest BCUT2D eigenvalue weighted by molar-refractivity contribution is 7.10. The zero-order valence-corrected chi connectivity index (χ0v) is 11.9. The Hall–Kier alpha value is -1.72. The van der Waals surface area contributed by atoms with Crippen LogP contribution in [0.3, 0.4) is 0 Å². The lowest BCUT2D eigenvalue weighted by atomic mass is 10.1. The van der Waals surface area contributed by atoms with Crippen molar-refractivity contribution in [3.63, 3.8) is 0 Å². The summed E-state index contributed by atoms with van der Waals surface area (Å²) in [5, 5.41) is 12.3. The first-order valence-electron chi connectivity index (χ1n) is 5.72. The fourth-order valence-corrected chi connectivity index (χ4v) is 2.64. The minimum absolute atomic E-state index is 0.596. The Balaban J connectivity index is 2.34. The molecule has 1 heterocycles. The molecule has 1 atom stereocenters. The Bertz CT molecular complexity index is 550. The maximum absolute atomic E-state index is 10.4. The van der Waals surface area contributed by atoms with E-state index < -0.39 is 6.10 Å². The first kappa shape index (κ1) is 13.7. The molecule has 0 spiro atoms. The summed E-state index contributed by atoms with van der Waals surface area (Å²) in [6.07, 6.45) is -0.741. The van der Waals surface area contributed by atoms with Gasteiger partial charge in [-0.05, 0) is 18.2 Å². The highest BCUT2D eigenvalue weighted by Gasteiger charge is 2.18. The number of hydrogen-bond acceptors (Lipinski definition) is 5. The van der Waals surface area contributed by atoms with Crippen LogP contribution < -0.4 is 14.2 Å². The van der Waals surface area contributed by atoms with E-state index in [0.29, 0.717) is 17.1 Å². The largest absolute Gasteiger partial charge is 0.497 e. The molecular weight excluding hydrogens is 264 g/mol. The van der Waals surface area contributed by atoms with Gasteiger partial charge in [0, 0.05) is 21.9 Å². The standard InChI is InChI=1S/C14H16O4S/c1-16-9-4-5-11(12(6-9)18-3)14(15)13-7-10(17-2)8-19-13/h4-8,14-15H,1-3H3. The Morgan fingerprint density at radius 3 is 2.32 bits per heavy atom. The molecule has 1 aromatic heterocycles. The van der Waals surface area contributed by atoms with Gasteiger partial charge in [0.2, 0.25) is 0 Å². The Morgan fingerprint density at radius 1 is 1.00 bits per heavy atom. The van der Waals surface area contributed by atoms with Gasteiger partial charge in [-0.3, -0.25) is 0 Å². The maximum Gasteiger partial charge on any atom is 0.129 e. The fraction of sp³-hybridized carbons (Fsp3) is 0.286. The monoisotopic (exact) mass is 280 g/mol. The highest BCUT2D eigenvalue weighted by Crippen LogP contribution is 2.36. The first-order chi connectivity index (χ1) is 9.19. The van der Waals surface area contributed by atoms with Gasteiger partial charge in [-0.1, -0.05) is 0 Å². The average Bonchev–Trinajstić information content (AvgIpc) is 2.94. The molecule has 0 saturated heterocycles. The number of aliphatic hydroxyl groups excluding tert-OH is 1. The van der Waals surface area contributed by atoms with Crippen LogP contribution >= 0.6 is 11.3 Å². The molecule has 0 saturated carbocycles. The molecule has 19 heavy (non-hydrogen) atoms. The van der Waals surface area contributed by atoms with E-state index in [1.807, 2.05) is 11.4 Å². The van der Waals surface area contributed by atoms with Gasteiger partial charge in [0.25, 0.3) is 0 Å². The lowest BCUT2D eigenvalue weighted by molar-refractivity contribution is 0.218. The van der Waals surface area contributed by atoms with E-state index in [4.69, 9.17) is 14.2 Å². The fourth-order valence-electron chi connectivity index (χ4n) is 1.78. The summed E-state index contributed by atoms with van der Waals surface area (Å²) in [6, 6.07) is 7.17. The SMILES string of the molecule is COc1csc(C(O)c2ccc(OC)cc2OC)c1. The van der Waals surface area contributed by atoms with Gasteiger partial charge in [-0.15, -0.1) is 11.3 Å². The summed E-state index contributed by atoms with van der Waals surface area (Å²) in [6.45, 7) is 0. The number of rotatable bonds is 5. The summed E-state index contributed by atoms with van der Waals surface area (Å²) in [5.41, 5.74) is 0.702. The lowest BCUT2D eigenvalue weighted by Gasteiger charge is -2.14. The van der Waals surface area contributed by atoms with Crippen molar-refractivity contribution in [1.82, 2.24) is 0 Å². The summed E-state index contributed by atoms with van der Waals surface area (Å²) < 4.78 is 15.6. The van der Waals surface area contributed by atoms with Crippen molar-refractivity contribution in [2.75, 3.05) is 21.3 Å². The van der Waals surface area contributed by atoms with E-state index in [2.05, 4.69) is 0 Å². The molecule has 0 fully saturated rings. The predicted molar refractivity (Wildman–Crippen MR) is 74.5 cm³/mol. The third kappa shape index (κ3) is 2.83. The van der Waals surface area contributed by atoms with Gasteiger partial charge < -0.3 is 19.3 Å². The van der Waals surface area contributed by atoms with Gasteiger partial charge in [0.05, 0.1) is 21.3 Å². The Morgan fingerprint density at radius 2 is 1.74 bits per heavy atom. The molecule has 1 unspecified atom stereocenters. The van der Waals surface area contributed by atoms with Crippen molar-refractivity contribution >= 4 is 11.3 Å². The smallest absolute Gasteiger partial charge is 0.129 e. The third-order valence-electron chi connectivity index (χ3n) is 2.84. The molecule has 1 aromatic carbocycles. The van der Waals surface area contributed by atoms with Crippen LogP contribution in [-0.4, -0.2) is 26.4 Å². The molecule has 0 radical (unpaired) electrons. The second kappa shape index (κ2) is 5.95. The summed E-state index contributed by atoms with van der Waals surface area (Å²) in [4.78, 5) is 0.806. The quantitative estimate of drug-likeness (QED) is 0.915. The number of aliphatic hydroxyl groups is 1. The van der Waals surface area contributed by atoms with Crippen molar-refractivity contribution in [3.8, 4) is 17.2 Å². The van der Waals surface area contributed by atoms with Crippen LogP contribution in [0.25, 0.3) is 0 Å². The molecule has 1 N–H and O–H groups in total. The van der Waals surface area contributed by atoms with Crippen LogP contribution in [0.1, 0.15) is 16.5 Å². The predicted octanol–water partition coefficient (Wildman–Crippen LogP) is 2.86.